The van der Waals surface area contributed by atoms with Gasteiger partial charge in [-0.15, -0.1) is 0 Å². The van der Waals surface area contributed by atoms with Gasteiger partial charge in [0, 0.05) is 41.7 Å². The summed E-state index contributed by atoms with van der Waals surface area (Å²) in [4.78, 5) is 26.9. The molecule has 5 rings (SSSR count). The second-order valence-corrected chi connectivity index (χ2v) is 9.33. The number of hydrogen-bond donors (Lipinski definition) is 1. The van der Waals surface area contributed by atoms with Gasteiger partial charge in [-0.05, 0) is 38.2 Å². The van der Waals surface area contributed by atoms with Crippen LogP contribution >= 0.6 is 0 Å². The van der Waals surface area contributed by atoms with Gasteiger partial charge < -0.3 is 10.6 Å². The number of halogens is 2. The first-order valence-corrected chi connectivity index (χ1v) is 9.24. The number of Topliss-reactive ketones (excluding diaryl/α,β-unsaturated/α-hetero) is 1. The second kappa shape index (κ2) is 5.04. The lowest BCUT2D eigenvalue weighted by atomic mass is 9.58. The quantitative estimate of drug-likeness (QED) is 0.789. The lowest BCUT2D eigenvalue weighted by Crippen LogP contribution is -2.56. The number of nitrogens with two attached hydrogens (primary N) is 1. The minimum absolute atomic E-state index is 0.0174. The molecule has 0 aromatic heterocycles. The van der Waals surface area contributed by atoms with Crippen LogP contribution in [0, 0.1) is 28.6 Å². The molecular weight excluding hydrogens is 326 g/mol. The average Bonchev–Trinajstić information content (AvgIpc) is 2.94. The summed E-state index contributed by atoms with van der Waals surface area (Å²) in [5.74, 6) is -4.06. The van der Waals surface area contributed by atoms with Crippen LogP contribution in [0.15, 0.2) is 11.8 Å². The molecule has 2 N–H and O–H groups in total. The van der Waals surface area contributed by atoms with E-state index >= 15 is 0 Å². The van der Waals surface area contributed by atoms with Gasteiger partial charge in [-0.25, -0.2) is 8.78 Å². The lowest BCUT2D eigenvalue weighted by molar-refractivity contribution is -0.223. The molecule has 1 saturated heterocycles. The Morgan fingerprint density at radius 2 is 1.88 bits per heavy atom. The van der Waals surface area contributed by atoms with E-state index in [9.17, 15) is 18.4 Å². The van der Waals surface area contributed by atoms with Gasteiger partial charge in [0.25, 0.3) is 5.92 Å². The zero-order valence-corrected chi connectivity index (χ0v) is 14.9. The Bertz CT molecular complexity index is 658. The first kappa shape index (κ1) is 17.0. The predicted octanol–water partition coefficient (Wildman–Crippen LogP) is 2.73. The minimum atomic E-state index is -2.56. The zero-order valence-electron chi connectivity index (χ0n) is 14.9. The van der Waals surface area contributed by atoms with Crippen molar-refractivity contribution in [2.24, 2.45) is 34.3 Å². The molecule has 4 nitrogen and oxygen atoms in total. The van der Waals surface area contributed by atoms with Crippen molar-refractivity contribution in [2.75, 3.05) is 13.1 Å². The largest absolute Gasteiger partial charge is 0.396 e. The Morgan fingerprint density at radius 3 is 2.44 bits per heavy atom. The molecule has 2 unspecified atom stereocenters. The number of carbonyl (C=O) groups excluding carboxylic acids is 2. The van der Waals surface area contributed by atoms with Gasteiger partial charge in [0.05, 0.1) is 5.70 Å². The van der Waals surface area contributed by atoms with Crippen LogP contribution < -0.4 is 5.73 Å². The molecule has 0 aromatic rings. The maximum Gasteiger partial charge on any atom is 0.253 e. The summed E-state index contributed by atoms with van der Waals surface area (Å²) in [5, 5.41) is 0. The number of nitrogens with zero attached hydrogens (tertiary/aromatic N) is 1. The minimum Gasteiger partial charge on any atom is -0.396 e. The van der Waals surface area contributed by atoms with Crippen molar-refractivity contribution >= 4 is 11.7 Å². The molecule has 1 heterocycles. The van der Waals surface area contributed by atoms with Gasteiger partial charge in [-0.2, -0.15) is 0 Å². The van der Waals surface area contributed by atoms with Crippen molar-refractivity contribution < 1.29 is 18.4 Å². The molecule has 3 atom stereocenters. The molecule has 0 aromatic carbocycles. The number of alkyl halides is 2. The van der Waals surface area contributed by atoms with Gasteiger partial charge in [0.1, 0.15) is 0 Å². The third-order valence-corrected chi connectivity index (χ3v) is 6.97. The van der Waals surface area contributed by atoms with Crippen LogP contribution in [0.3, 0.4) is 0 Å². The van der Waals surface area contributed by atoms with E-state index < -0.39 is 23.2 Å². The van der Waals surface area contributed by atoms with Crippen molar-refractivity contribution in [1.82, 2.24) is 4.90 Å². The van der Waals surface area contributed by atoms with Crippen LogP contribution in [0.1, 0.15) is 46.0 Å². The Morgan fingerprint density at radius 1 is 1.24 bits per heavy atom. The number of likely N-dealkylation sites (tertiary alicyclic amines) is 1. The van der Waals surface area contributed by atoms with Gasteiger partial charge in [-0.3, -0.25) is 9.59 Å². The fourth-order valence-corrected chi connectivity index (χ4v) is 5.72. The highest BCUT2D eigenvalue weighted by Crippen LogP contribution is 2.59. The maximum atomic E-state index is 13.7. The number of hydrogen-bond acceptors (Lipinski definition) is 3. The van der Waals surface area contributed by atoms with E-state index in [2.05, 4.69) is 0 Å². The molecule has 4 aliphatic carbocycles. The van der Waals surface area contributed by atoms with E-state index in [0.29, 0.717) is 44.5 Å². The van der Waals surface area contributed by atoms with Gasteiger partial charge in [-0.1, -0.05) is 13.8 Å². The van der Waals surface area contributed by atoms with Gasteiger partial charge in [0.2, 0.25) is 5.91 Å². The Balaban J connectivity index is 1.46. The summed E-state index contributed by atoms with van der Waals surface area (Å²) < 4.78 is 27.5. The number of fused-ring (bicyclic) bond motifs is 2. The molecule has 3 saturated carbocycles. The molecule has 25 heavy (non-hydrogen) atoms. The van der Waals surface area contributed by atoms with Crippen molar-refractivity contribution in [2.45, 2.75) is 51.9 Å². The smallest absolute Gasteiger partial charge is 0.253 e. The Labute approximate surface area is 146 Å². The Hall–Kier alpha value is -1.46. The third-order valence-electron chi connectivity index (χ3n) is 6.97. The van der Waals surface area contributed by atoms with E-state index in [0.717, 1.165) is 6.42 Å². The predicted molar refractivity (Wildman–Crippen MR) is 88.6 cm³/mol. The van der Waals surface area contributed by atoms with E-state index in [1.807, 2.05) is 24.8 Å². The van der Waals surface area contributed by atoms with Gasteiger partial charge >= 0.3 is 0 Å². The summed E-state index contributed by atoms with van der Waals surface area (Å²) in [6, 6.07) is 0. The number of carbonyl (C=O) groups is 2. The number of rotatable bonds is 1. The average molecular weight is 352 g/mol. The molecule has 1 aliphatic heterocycles. The molecule has 4 fully saturated rings. The molecule has 5 aliphatic rings. The first-order chi connectivity index (χ1) is 11.5. The van der Waals surface area contributed by atoms with E-state index in [4.69, 9.17) is 5.73 Å². The van der Waals surface area contributed by atoms with Crippen LogP contribution in [0.5, 0.6) is 0 Å². The van der Waals surface area contributed by atoms with Crippen LogP contribution in [0.4, 0.5) is 8.78 Å². The van der Waals surface area contributed by atoms with Crippen LogP contribution in [-0.4, -0.2) is 35.6 Å². The molecule has 2 bridgehead atoms. The van der Waals surface area contributed by atoms with Gasteiger partial charge in [0.15, 0.2) is 5.78 Å². The SMILES string of the molecule is CC1(C)C[C@@]2(C=C(N)C1=O)CCN(C(=O)C1CC3CC(C1)C3(F)F)C2. The van der Waals surface area contributed by atoms with E-state index in [1.54, 1.807) is 0 Å². The molecule has 0 radical (unpaired) electrons. The highest BCUT2D eigenvalue weighted by Gasteiger charge is 2.62. The summed E-state index contributed by atoms with van der Waals surface area (Å²) >= 11 is 0. The third kappa shape index (κ3) is 2.43. The second-order valence-electron chi connectivity index (χ2n) is 9.33. The lowest BCUT2D eigenvalue weighted by Gasteiger charge is -2.51. The van der Waals surface area contributed by atoms with Crippen LogP contribution in [0.2, 0.25) is 0 Å². The fourth-order valence-electron chi connectivity index (χ4n) is 5.72. The maximum absolute atomic E-state index is 13.7. The molecule has 6 heteroatoms. The fraction of sp³-hybridized carbons (Fsp3) is 0.789. The monoisotopic (exact) mass is 352 g/mol. The number of ketones is 1. The summed E-state index contributed by atoms with van der Waals surface area (Å²) in [7, 11) is 0. The molecule has 1 amide bonds. The number of amides is 1. The summed E-state index contributed by atoms with van der Waals surface area (Å²) in [6.45, 7) is 4.97. The van der Waals surface area contributed by atoms with Crippen molar-refractivity contribution in [3.8, 4) is 0 Å². The van der Waals surface area contributed by atoms with Crippen LogP contribution in [0.25, 0.3) is 0 Å². The molecule has 138 valence electrons. The first-order valence-electron chi connectivity index (χ1n) is 9.24. The van der Waals surface area contributed by atoms with Crippen molar-refractivity contribution in [3.05, 3.63) is 11.8 Å². The summed E-state index contributed by atoms with van der Waals surface area (Å²) in [5.41, 5.74) is 5.47. The zero-order chi connectivity index (χ0) is 18.2. The van der Waals surface area contributed by atoms with Crippen molar-refractivity contribution in [3.63, 3.8) is 0 Å². The molecular formula is C19H26F2N2O2. The number of allylic oxidation sites excluding steroid dienone is 1. The van der Waals surface area contributed by atoms with Crippen molar-refractivity contribution in [1.29, 1.82) is 0 Å². The highest BCUT2D eigenvalue weighted by atomic mass is 19.3. The Kier molecular flexibility index (Phi) is 3.42. The topological polar surface area (TPSA) is 63.4 Å². The standard InChI is InChI=1S/C19H26F2N2O2/c1-17(2)9-18(8-14(22)15(17)24)3-4-23(10-18)16(25)11-5-12-7-13(6-11)19(12,20)21/h8,11-13H,3-7,9-10,22H2,1-2H3/t11?,12?,13?,18-/m0/s1. The highest BCUT2D eigenvalue weighted by molar-refractivity contribution is 5.99. The molecule has 1 spiro atoms. The normalized spacial score (nSPS) is 41.4. The van der Waals surface area contributed by atoms with E-state index in [1.165, 1.54) is 0 Å². The summed E-state index contributed by atoms with van der Waals surface area (Å²) in [6.07, 6.45) is 4.50. The van der Waals surface area contributed by atoms with Crippen LogP contribution in [-0.2, 0) is 9.59 Å². The van der Waals surface area contributed by atoms with E-state index in [-0.39, 0.29) is 23.0 Å².